The number of rotatable bonds is 4. The van der Waals surface area contributed by atoms with E-state index in [1.807, 2.05) is 0 Å². The Balaban J connectivity index is 1.90. The first kappa shape index (κ1) is 17.9. The lowest BCUT2D eigenvalue weighted by Crippen LogP contribution is -2.19. The zero-order chi connectivity index (χ0) is 18.7. The van der Waals surface area contributed by atoms with Crippen molar-refractivity contribution in [2.75, 3.05) is 0 Å². The van der Waals surface area contributed by atoms with E-state index in [-0.39, 0.29) is 11.5 Å². The number of ether oxygens (including phenoxy) is 1. The van der Waals surface area contributed by atoms with E-state index >= 15 is 0 Å². The summed E-state index contributed by atoms with van der Waals surface area (Å²) in [6, 6.07) is 13.2. The molecule has 1 amide bonds. The van der Waals surface area contributed by atoms with E-state index < -0.39 is 11.6 Å². The Kier molecular flexibility index (Phi) is 5.18. The van der Waals surface area contributed by atoms with Gasteiger partial charge in [0, 0.05) is 23.3 Å². The second kappa shape index (κ2) is 7.53. The number of carbonyl (C=O) groups excluding carboxylic acids is 2. The maximum absolute atomic E-state index is 12.3. The SMILES string of the molecule is CC(=O)NCc1ccc2oc(=O)c(C(=O)Oc3ccc(Br)cc3)cc2c1. The van der Waals surface area contributed by atoms with Gasteiger partial charge in [0.15, 0.2) is 0 Å². The molecule has 0 saturated heterocycles. The van der Waals surface area contributed by atoms with Crippen molar-refractivity contribution in [1.82, 2.24) is 5.32 Å². The van der Waals surface area contributed by atoms with Crippen LogP contribution in [0.1, 0.15) is 22.8 Å². The zero-order valence-electron chi connectivity index (χ0n) is 13.7. The van der Waals surface area contributed by atoms with Gasteiger partial charge in [0.25, 0.3) is 0 Å². The summed E-state index contributed by atoms with van der Waals surface area (Å²) in [7, 11) is 0. The van der Waals surface area contributed by atoms with Crippen molar-refractivity contribution in [2.45, 2.75) is 13.5 Å². The lowest BCUT2D eigenvalue weighted by molar-refractivity contribution is -0.119. The number of hydrogen-bond donors (Lipinski definition) is 1. The number of hydrogen-bond acceptors (Lipinski definition) is 5. The highest BCUT2D eigenvalue weighted by atomic mass is 79.9. The summed E-state index contributed by atoms with van der Waals surface area (Å²) in [5.74, 6) is -0.629. The van der Waals surface area contributed by atoms with E-state index in [9.17, 15) is 14.4 Å². The molecule has 0 saturated carbocycles. The molecule has 0 radical (unpaired) electrons. The molecule has 0 aliphatic carbocycles. The minimum Gasteiger partial charge on any atom is -0.423 e. The summed E-state index contributed by atoms with van der Waals surface area (Å²) in [6.45, 7) is 1.76. The number of esters is 1. The fourth-order valence-corrected chi connectivity index (χ4v) is 2.58. The fraction of sp³-hybridized carbons (Fsp3) is 0.105. The summed E-state index contributed by atoms with van der Waals surface area (Å²) in [5, 5.41) is 3.25. The molecule has 6 nitrogen and oxygen atoms in total. The van der Waals surface area contributed by atoms with Gasteiger partial charge in [-0.2, -0.15) is 0 Å². The average molecular weight is 416 g/mol. The van der Waals surface area contributed by atoms with E-state index in [1.54, 1.807) is 42.5 Å². The van der Waals surface area contributed by atoms with Gasteiger partial charge in [-0.1, -0.05) is 22.0 Å². The zero-order valence-corrected chi connectivity index (χ0v) is 15.3. The molecule has 0 spiro atoms. The van der Waals surface area contributed by atoms with Crippen LogP contribution in [-0.4, -0.2) is 11.9 Å². The third kappa shape index (κ3) is 4.18. The van der Waals surface area contributed by atoms with Crippen molar-refractivity contribution in [2.24, 2.45) is 0 Å². The van der Waals surface area contributed by atoms with Gasteiger partial charge in [-0.05, 0) is 48.0 Å². The van der Waals surface area contributed by atoms with Crippen LogP contribution in [0.3, 0.4) is 0 Å². The molecule has 0 aliphatic rings. The molecule has 0 aliphatic heterocycles. The molecule has 7 heteroatoms. The third-order valence-electron chi connectivity index (χ3n) is 3.58. The molecule has 0 fully saturated rings. The minimum atomic E-state index is -0.796. The predicted octanol–water partition coefficient (Wildman–Crippen LogP) is 3.41. The van der Waals surface area contributed by atoms with Gasteiger partial charge in [-0.3, -0.25) is 4.79 Å². The van der Waals surface area contributed by atoms with Gasteiger partial charge >= 0.3 is 11.6 Å². The number of halogens is 1. The summed E-state index contributed by atoms with van der Waals surface area (Å²) < 4.78 is 11.3. The van der Waals surface area contributed by atoms with Crippen molar-refractivity contribution >= 4 is 38.8 Å². The normalized spacial score (nSPS) is 10.5. The highest BCUT2D eigenvalue weighted by Crippen LogP contribution is 2.19. The molecular formula is C19H14BrNO5. The minimum absolute atomic E-state index is 0.150. The number of fused-ring (bicyclic) bond motifs is 1. The molecule has 26 heavy (non-hydrogen) atoms. The molecule has 3 aromatic rings. The second-order valence-corrected chi connectivity index (χ2v) is 6.49. The summed E-state index contributed by atoms with van der Waals surface area (Å²) in [6.07, 6.45) is 0. The fourth-order valence-electron chi connectivity index (χ4n) is 2.32. The average Bonchev–Trinajstić information content (AvgIpc) is 2.61. The molecule has 1 aromatic heterocycles. The van der Waals surface area contributed by atoms with Gasteiger partial charge in [-0.25, -0.2) is 9.59 Å². The van der Waals surface area contributed by atoms with Crippen LogP contribution in [0.2, 0.25) is 0 Å². The smallest absolute Gasteiger partial charge is 0.351 e. The summed E-state index contributed by atoms with van der Waals surface area (Å²) in [4.78, 5) is 35.4. The summed E-state index contributed by atoms with van der Waals surface area (Å²) in [5.41, 5.74) is 0.196. The molecule has 0 bridgehead atoms. The topological polar surface area (TPSA) is 85.6 Å². The van der Waals surface area contributed by atoms with E-state index in [4.69, 9.17) is 9.15 Å². The van der Waals surface area contributed by atoms with E-state index in [0.717, 1.165) is 10.0 Å². The maximum Gasteiger partial charge on any atom is 0.351 e. The Morgan fingerprint density at radius 3 is 2.54 bits per heavy atom. The Morgan fingerprint density at radius 2 is 1.85 bits per heavy atom. The van der Waals surface area contributed by atoms with Crippen LogP contribution in [0.15, 0.2) is 62.2 Å². The van der Waals surface area contributed by atoms with Gasteiger partial charge in [0.2, 0.25) is 5.91 Å². The molecular weight excluding hydrogens is 402 g/mol. The molecule has 132 valence electrons. The number of carbonyl (C=O) groups is 2. The molecule has 1 heterocycles. The molecule has 0 atom stereocenters. The Morgan fingerprint density at radius 1 is 1.12 bits per heavy atom. The maximum atomic E-state index is 12.3. The second-order valence-electron chi connectivity index (χ2n) is 5.57. The lowest BCUT2D eigenvalue weighted by Gasteiger charge is -2.06. The van der Waals surface area contributed by atoms with Gasteiger partial charge in [-0.15, -0.1) is 0 Å². The van der Waals surface area contributed by atoms with Crippen LogP contribution < -0.4 is 15.7 Å². The van der Waals surface area contributed by atoms with Crippen LogP contribution in [-0.2, 0) is 11.3 Å². The predicted molar refractivity (Wildman–Crippen MR) is 99.1 cm³/mol. The highest BCUT2D eigenvalue weighted by molar-refractivity contribution is 9.10. The first-order valence-corrected chi connectivity index (χ1v) is 8.50. The lowest BCUT2D eigenvalue weighted by atomic mass is 10.1. The van der Waals surface area contributed by atoms with Crippen LogP contribution in [0.25, 0.3) is 11.0 Å². The van der Waals surface area contributed by atoms with Crippen molar-refractivity contribution in [3.63, 3.8) is 0 Å². The van der Waals surface area contributed by atoms with Gasteiger partial charge in [0.05, 0.1) is 0 Å². The largest absolute Gasteiger partial charge is 0.423 e. The third-order valence-corrected chi connectivity index (χ3v) is 4.11. The molecule has 0 unspecified atom stereocenters. The number of amides is 1. The number of nitrogens with one attached hydrogen (secondary N) is 1. The van der Waals surface area contributed by atoms with E-state index in [0.29, 0.717) is 23.3 Å². The molecule has 1 N–H and O–H groups in total. The van der Waals surface area contributed by atoms with Crippen LogP contribution in [0, 0.1) is 0 Å². The summed E-state index contributed by atoms with van der Waals surface area (Å²) >= 11 is 3.29. The van der Waals surface area contributed by atoms with Crippen molar-refractivity contribution in [1.29, 1.82) is 0 Å². The Hall–Kier alpha value is -2.93. The van der Waals surface area contributed by atoms with E-state index in [1.165, 1.54) is 13.0 Å². The van der Waals surface area contributed by atoms with Crippen molar-refractivity contribution in [3.8, 4) is 5.75 Å². The monoisotopic (exact) mass is 415 g/mol. The Labute approximate surface area is 156 Å². The van der Waals surface area contributed by atoms with Crippen LogP contribution in [0.4, 0.5) is 0 Å². The van der Waals surface area contributed by atoms with Crippen molar-refractivity contribution < 1.29 is 18.7 Å². The molecule has 2 aromatic carbocycles. The standard InChI is InChI=1S/C19H14BrNO5/c1-11(22)21-10-12-2-7-17-13(8-12)9-16(19(24)26-17)18(23)25-15-5-3-14(20)4-6-15/h2-9H,10H2,1H3,(H,21,22). The van der Waals surface area contributed by atoms with Crippen LogP contribution in [0.5, 0.6) is 5.75 Å². The first-order valence-electron chi connectivity index (χ1n) is 7.71. The number of benzene rings is 2. The van der Waals surface area contributed by atoms with E-state index in [2.05, 4.69) is 21.2 Å². The van der Waals surface area contributed by atoms with Gasteiger partial charge < -0.3 is 14.5 Å². The van der Waals surface area contributed by atoms with Crippen molar-refractivity contribution in [3.05, 3.63) is 74.6 Å². The first-order chi connectivity index (χ1) is 12.4. The van der Waals surface area contributed by atoms with Crippen LogP contribution >= 0.6 is 15.9 Å². The quantitative estimate of drug-likeness (QED) is 0.400. The highest BCUT2D eigenvalue weighted by Gasteiger charge is 2.16. The Bertz CT molecular complexity index is 1040. The molecule has 3 rings (SSSR count). The van der Waals surface area contributed by atoms with Gasteiger partial charge in [0.1, 0.15) is 16.9 Å².